The predicted octanol–water partition coefficient (Wildman–Crippen LogP) is 0.243. The smallest absolute Gasteiger partial charge is 0.282 e. The van der Waals surface area contributed by atoms with Crippen molar-refractivity contribution < 1.29 is 14.3 Å². The Balaban J connectivity index is 2.24. The van der Waals surface area contributed by atoms with Crippen molar-refractivity contribution in [3.8, 4) is 0 Å². The number of methoxy groups -OCH3 is 1. The van der Waals surface area contributed by atoms with E-state index in [1.54, 1.807) is 7.11 Å². The maximum Gasteiger partial charge on any atom is 0.282 e. The van der Waals surface area contributed by atoms with Gasteiger partial charge < -0.3 is 20.7 Å². The molecule has 0 atom stereocenters. The average molecular weight is 315 g/mol. The normalized spacial score (nSPS) is 10.2. The van der Waals surface area contributed by atoms with Gasteiger partial charge in [-0.1, -0.05) is 18.3 Å². The molecular weight excluding hydrogens is 294 g/mol. The molecule has 8 nitrogen and oxygen atoms in total. The highest BCUT2D eigenvalue weighted by Crippen LogP contribution is 2.14. The second kappa shape index (κ2) is 10.1. The molecule has 3 N–H and O–H groups in total. The minimum absolute atomic E-state index is 0.130. The van der Waals surface area contributed by atoms with Gasteiger partial charge in [-0.15, -0.1) is 10.2 Å². The molecule has 118 valence electrons. The Morgan fingerprint density at radius 2 is 2.00 bits per heavy atom. The Hall–Kier alpha value is -1.74. The maximum atomic E-state index is 11.8. The van der Waals surface area contributed by atoms with E-state index in [1.165, 1.54) is 11.3 Å². The fourth-order valence-corrected chi connectivity index (χ4v) is 2.05. The molecule has 1 aromatic heterocycles. The van der Waals surface area contributed by atoms with Crippen LogP contribution >= 0.6 is 11.3 Å². The summed E-state index contributed by atoms with van der Waals surface area (Å²) in [4.78, 5) is 23.2. The zero-order valence-corrected chi connectivity index (χ0v) is 13.1. The van der Waals surface area contributed by atoms with Crippen LogP contribution < -0.4 is 16.0 Å². The molecule has 0 aliphatic rings. The van der Waals surface area contributed by atoms with Crippen molar-refractivity contribution in [1.82, 2.24) is 20.8 Å². The van der Waals surface area contributed by atoms with Crippen LogP contribution in [0, 0.1) is 0 Å². The van der Waals surface area contributed by atoms with Crippen LogP contribution in [0.15, 0.2) is 0 Å². The van der Waals surface area contributed by atoms with Gasteiger partial charge >= 0.3 is 0 Å². The van der Waals surface area contributed by atoms with Crippen molar-refractivity contribution in [3.63, 3.8) is 0 Å². The molecule has 0 saturated carbocycles. The summed E-state index contributed by atoms with van der Waals surface area (Å²) in [6.45, 7) is 4.02. The third-order valence-electron chi connectivity index (χ3n) is 2.41. The summed E-state index contributed by atoms with van der Waals surface area (Å²) in [6.07, 6.45) is 1.19. The molecule has 0 unspecified atom stereocenters. The number of aromatic nitrogens is 2. The first-order chi connectivity index (χ1) is 10.2. The summed E-state index contributed by atoms with van der Waals surface area (Å²) >= 11 is 1.19. The third kappa shape index (κ3) is 7.00. The lowest BCUT2D eigenvalue weighted by Crippen LogP contribution is -2.32. The SMILES string of the molecule is CCCNc1nnc(C(=O)NCCC(=O)NCCOC)s1. The summed E-state index contributed by atoms with van der Waals surface area (Å²) in [5.41, 5.74) is 0. The van der Waals surface area contributed by atoms with Crippen LogP contribution in [-0.4, -0.2) is 55.4 Å². The van der Waals surface area contributed by atoms with Crippen molar-refractivity contribution in [3.05, 3.63) is 5.01 Å². The van der Waals surface area contributed by atoms with E-state index in [4.69, 9.17) is 4.74 Å². The quantitative estimate of drug-likeness (QED) is 0.534. The number of carbonyl (C=O) groups excluding carboxylic acids is 2. The number of nitrogens with zero attached hydrogens (tertiary/aromatic N) is 2. The molecule has 0 fully saturated rings. The number of nitrogens with one attached hydrogen (secondary N) is 3. The van der Waals surface area contributed by atoms with Gasteiger partial charge in [0.15, 0.2) is 0 Å². The van der Waals surface area contributed by atoms with Gasteiger partial charge in [-0.2, -0.15) is 0 Å². The highest BCUT2D eigenvalue weighted by Gasteiger charge is 2.12. The zero-order chi connectivity index (χ0) is 15.5. The van der Waals surface area contributed by atoms with Crippen molar-refractivity contribution >= 4 is 28.3 Å². The van der Waals surface area contributed by atoms with Crippen LogP contribution in [-0.2, 0) is 9.53 Å². The molecule has 0 saturated heterocycles. The van der Waals surface area contributed by atoms with E-state index in [9.17, 15) is 9.59 Å². The number of carbonyl (C=O) groups is 2. The number of hydrogen-bond donors (Lipinski definition) is 3. The molecule has 0 bridgehead atoms. The lowest BCUT2D eigenvalue weighted by atomic mass is 10.4. The van der Waals surface area contributed by atoms with Crippen LogP contribution in [0.3, 0.4) is 0 Å². The molecule has 0 spiro atoms. The molecule has 0 radical (unpaired) electrons. The molecule has 1 heterocycles. The first-order valence-corrected chi connectivity index (χ1v) is 7.60. The number of anilines is 1. The minimum Gasteiger partial charge on any atom is -0.383 e. The van der Waals surface area contributed by atoms with E-state index in [0.717, 1.165) is 13.0 Å². The molecular formula is C12H21N5O3S. The molecule has 9 heteroatoms. The van der Waals surface area contributed by atoms with Gasteiger partial charge in [-0.25, -0.2) is 0 Å². The molecule has 1 rings (SSSR count). The first kappa shape index (κ1) is 17.3. The summed E-state index contributed by atoms with van der Waals surface area (Å²) in [7, 11) is 1.57. The summed E-state index contributed by atoms with van der Waals surface area (Å²) in [6, 6.07) is 0. The maximum absolute atomic E-state index is 11.8. The second-order valence-electron chi connectivity index (χ2n) is 4.19. The van der Waals surface area contributed by atoms with E-state index >= 15 is 0 Å². The number of amides is 2. The van der Waals surface area contributed by atoms with Crippen LogP contribution in [0.4, 0.5) is 5.13 Å². The van der Waals surface area contributed by atoms with Crippen LogP contribution in [0.25, 0.3) is 0 Å². The van der Waals surface area contributed by atoms with Crippen molar-refractivity contribution in [2.75, 3.05) is 38.7 Å². The Bertz CT molecular complexity index is 452. The van der Waals surface area contributed by atoms with Gasteiger partial charge in [0, 0.05) is 33.2 Å². The Morgan fingerprint density at radius 3 is 2.71 bits per heavy atom. The molecule has 2 amide bonds. The van der Waals surface area contributed by atoms with Crippen molar-refractivity contribution in [2.24, 2.45) is 0 Å². The summed E-state index contributed by atoms with van der Waals surface area (Å²) < 4.78 is 4.82. The van der Waals surface area contributed by atoms with Gasteiger partial charge in [-0.05, 0) is 6.42 Å². The average Bonchev–Trinajstić information content (AvgIpc) is 2.94. The third-order valence-corrected chi connectivity index (χ3v) is 3.29. The summed E-state index contributed by atoms with van der Waals surface area (Å²) in [5.74, 6) is -0.448. The lowest BCUT2D eigenvalue weighted by molar-refractivity contribution is -0.121. The number of rotatable bonds is 10. The number of hydrogen-bond acceptors (Lipinski definition) is 7. The van der Waals surface area contributed by atoms with Gasteiger partial charge in [0.25, 0.3) is 5.91 Å². The van der Waals surface area contributed by atoms with E-state index < -0.39 is 0 Å². The molecule has 1 aromatic rings. The second-order valence-corrected chi connectivity index (χ2v) is 5.17. The molecule has 21 heavy (non-hydrogen) atoms. The molecule has 0 aliphatic carbocycles. The highest BCUT2D eigenvalue weighted by molar-refractivity contribution is 7.17. The monoisotopic (exact) mass is 315 g/mol. The van der Waals surface area contributed by atoms with E-state index in [2.05, 4.69) is 26.1 Å². The van der Waals surface area contributed by atoms with Gasteiger partial charge in [0.1, 0.15) is 0 Å². The number of ether oxygens (including phenoxy) is 1. The Kier molecular flexibility index (Phi) is 8.29. The fraction of sp³-hybridized carbons (Fsp3) is 0.667. The van der Waals surface area contributed by atoms with Crippen LogP contribution in [0.5, 0.6) is 0 Å². The summed E-state index contributed by atoms with van der Waals surface area (Å²) in [5, 5.41) is 17.0. The van der Waals surface area contributed by atoms with Crippen LogP contribution in [0.1, 0.15) is 29.6 Å². The minimum atomic E-state index is -0.318. The Labute approximate surface area is 127 Å². The van der Waals surface area contributed by atoms with E-state index in [1.807, 2.05) is 6.92 Å². The van der Waals surface area contributed by atoms with Crippen molar-refractivity contribution in [2.45, 2.75) is 19.8 Å². The molecule has 0 aliphatic heterocycles. The molecule has 0 aromatic carbocycles. The van der Waals surface area contributed by atoms with Gasteiger partial charge in [0.05, 0.1) is 6.61 Å². The lowest BCUT2D eigenvalue weighted by Gasteiger charge is -2.04. The van der Waals surface area contributed by atoms with E-state index in [-0.39, 0.29) is 29.8 Å². The van der Waals surface area contributed by atoms with Crippen molar-refractivity contribution in [1.29, 1.82) is 0 Å². The zero-order valence-electron chi connectivity index (χ0n) is 12.3. The predicted molar refractivity (Wildman–Crippen MR) is 80.5 cm³/mol. The van der Waals surface area contributed by atoms with Gasteiger partial charge in [-0.3, -0.25) is 9.59 Å². The highest BCUT2D eigenvalue weighted by atomic mass is 32.1. The standard InChI is InChI=1S/C12H21N5O3S/c1-3-5-15-12-17-16-11(21-12)10(19)14-6-4-9(18)13-7-8-20-2/h3-8H2,1-2H3,(H,13,18)(H,14,19)(H,15,17). The largest absolute Gasteiger partial charge is 0.383 e. The Morgan fingerprint density at radius 1 is 1.19 bits per heavy atom. The van der Waals surface area contributed by atoms with E-state index in [0.29, 0.717) is 18.3 Å². The van der Waals surface area contributed by atoms with Gasteiger partial charge in [0.2, 0.25) is 16.0 Å². The van der Waals surface area contributed by atoms with Crippen LogP contribution in [0.2, 0.25) is 0 Å². The topological polar surface area (TPSA) is 105 Å². The first-order valence-electron chi connectivity index (χ1n) is 6.78. The fourth-order valence-electron chi connectivity index (χ4n) is 1.36.